The summed E-state index contributed by atoms with van der Waals surface area (Å²) in [5.74, 6) is 0. The number of nitrogens with zero attached hydrogens (tertiary/aromatic N) is 4. The van der Waals surface area contributed by atoms with Crippen LogP contribution in [0.25, 0.3) is 0 Å². The molecule has 2 saturated heterocycles. The Morgan fingerprint density at radius 3 is 2.12 bits per heavy atom. The number of aryl methyl sites for hydroxylation is 2. The molecule has 3 atom stereocenters. The van der Waals surface area contributed by atoms with E-state index in [0.717, 1.165) is 11.1 Å². The quantitative estimate of drug-likeness (QED) is 0.253. The number of rotatable bonds is 9. The lowest BCUT2D eigenvalue weighted by atomic mass is 9.82. The standard InChI is InChI=1S/C30H44N4O6S2/c1-22-8-12-26(13-9-22)41(36,37)32-17-24(3)34-28(30(6,7)21-32)16-25(40-34)18-33(20-29(4,5)19-31-35)42(38,39)27-14-10-23(2)11-15-27/h8-15,19,24-25,28,35H,16-18,20-21H2,1-7H3. The SMILES string of the molecule is Cc1ccc(S(=O)(=O)N(CC2CC3N(O2)C(C)CN(S(=O)(=O)c2ccc(C)cc2)CC3(C)C)CC(C)(C)C=NO)cc1. The molecule has 42 heavy (non-hydrogen) atoms. The van der Waals surface area contributed by atoms with E-state index < -0.39 is 37.0 Å². The van der Waals surface area contributed by atoms with Crippen LogP contribution in [0.15, 0.2) is 63.5 Å². The Hall–Kier alpha value is -2.35. The van der Waals surface area contributed by atoms with Gasteiger partial charge in [0.15, 0.2) is 0 Å². The van der Waals surface area contributed by atoms with Crippen molar-refractivity contribution < 1.29 is 26.9 Å². The van der Waals surface area contributed by atoms with Gasteiger partial charge in [0, 0.05) is 43.7 Å². The fourth-order valence-electron chi connectivity index (χ4n) is 5.85. The van der Waals surface area contributed by atoms with Crippen LogP contribution in [0.5, 0.6) is 0 Å². The first-order valence-electron chi connectivity index (χ1n) is 14.2. The average Bonchev–Trinajstić information content (AvgIpc) is 3.30. The summed E-state index contributed by atoms with van der Waals surface area (Å²) < 4.78 is 57.9. The van der Waals surface area contributed by atoms with E-state index in [-0.39, 0.29) is 41.5 Å². The second-order valence-electron chi connectivity index (χ2n) is 13.1. The van der Waals surface area contributed by atoms with Crippen molar-refractivity contribution in [3.63, 3.8) is 0 Å². The highest BCUT2D eigenvalue weighted by Gasteiger charge is 2.50. The van der Waals surface area contributed by atoms with E-state index in [0.29, 0.717) is 13.0 Å². The summed E-state index contributed by atoms with van der Waals surface area (Å²) in [6.45, 7) is 14.2. The first-order chi connectivity index (χ1) is 19.5. The van der Waals surface area contributed by atoms with Crippen molar-refractivity contribution in [1.29, 1.82) is 0 Å². The van der Waals surface area contributed by atoms with Gasteiger partial charge in [0.05, 0.1) is 22.1 Å². The van der Waals surface area contributed by atoms with Crippen molar-refractivity contribution in [2.24, 2.45) is 16.0 Å². The van der Waals surface area contributed by atoms with Crippen LogP contribution < -0.4 is 0 Å². The maximum Gasteiger partial charge on any atom is 0.243 e. The third-order valence-corrected chi connectivity index (χ3v) is 11.8. The normalized spacial score (nSPS) is 24.2. The van der Waals surface area contributed by atoms with Crippen LogP contribution in [-0.2, 0) is 24.9 Å². The lowest BCUT2D eigenvalue weighted by Gasteiger charge is -2.35. The minimum absolute atomic E-state index is 0.0827. The van der Waals surface area contributed by atoms with Crippen molar-refractivity contribution in [3.05, 3.63) is 59.7 Å². The van der Waals surface area contributed by atoms with Crippen molar-refractivity contribution >= 4 is 26.3 Å². The summed E-state index contributed by atoms with van der Waals surface area (Å²) in [6, 6.07) is 13.2. The minimum atomic E-state index is -3.90. The molecular weight excluding hydrogens is 576 g/mol. The van der Waals surface area contributed by atoms with Crippen LogP contribution in [-0.4, -0.2) is 86.3 Å². The topological polar surface area (TPSA) is 120 Å². The molecule has 0 amide bonds. The number of sulfonamides is 2. The Labute approximate surface area is 251 Å². The van der Waals surface area contributed by atoms with Gasteiger partial charge in [0.1, 0.15) is 0 Å². The van der Waals surface area contributed by atoms with E-state index in [2.05, 4.69) is 5.16 Å². The molecule has 2 aromatic rings. The molecule has 10 nitrogen and oxygen atoms in total. The van der Waals surface area contributed by atoms with Gasteiger partial charge in [-0.05, 0) is 56.9 Å². The van der Waals surface area contributed by atoms with Crippen LogP contribution in [0.2, 0.25) is 0 Å². The molecule has 0 radical (unpaired) electrons. The van der Waals surface area contributed by atoms with E-state index in [9.17, 15) is 22.0 Å². The second-order valence-corrected chi connectivity index (χ2v) is 17.0. The molecule has 0 spiro atoms. The first-order valence-corrected chi connectivity index (χ1v) is 17.1. The number of hydrogen-bond acceptors (Lipinski definition) is 8. The van der Waals surface area contributed by atoms with Gasteiger partial charge in [-0.2, -0.15) is 13.7 Å². The third-order valence-electron chi connectivity index (χ3n) is 8.17. The van der Waals surface area contributed by atoms with Crippen molar-refractivity contribution in [2.75, 3.05) is 26.2 Å². The van der Waals surface area contributed by atoms with E-state index in [4.69, 9.17) is 4.84 Å². The molecule has 3 unspecified atom stereocenters. The van der Waals surface area contributed by atoms with Gasteiger partial charge >= 0.3 is 0 Å². The van der Waals surface area contributed by atoms with Crippen molar-refractivity contribution in [2.45, 2.75) is 82.9 Å². The van der Waals surface area contributed by atoms with Gasteiger partial charge in [0.2, 0.25) is 20.0 Å². The molecule has 2 fully saturated rings. The van der Waals surface area contributed by atoms with Crippen molar-refractivity contribution in [1.82, 2.24) is 13.7 Å². The molecule has 0 saturated carbocycles. The summed E-state index contributed by atoms with van der Waals surface area (Å²) in [5, 5.41) is 14.2. The Morgan fingerprint density at radius 1 is 1.02 bits per heavy atom. The van der Waals surface area contributed by atoms with Crippen molar-refractivity contribution in [3.8, 4) is 0 Å². The fraction of sp³-hybridized carbons (Fsp3) is 0.567. The van der Waals surface area contributed by atoms with E-state index in [1.807, 2.05) is 53.5 Å². The Bertz CT molecular complexity index is 1490. The molecule has 12 heteroatoms. The smallest absolute Gasteiger partial charge is 0.243 e. The number of hydroxylamine groups is 2. The molecule has 4 rings (SSSR count). The van der Waals surface area contributed by atoms with Crippen LogP contribution in [0, 0.1) is 24.7 Å². The largest absolute Gasteiger partial charge is 0.411 e. The zero-order valence-corrected chi connectivity index (χ0v) is 27.2. The number of oxime groups is 1. The van der Waals surface area contributed by atoms with Gasteiger partial charge in [-0.15, -0.1) is 5.16 Å². The summed E-state index contributed by atoms with van der Waals surface area (Å²) in [4.78, 5) is 6.90. The molecule has 0 bridgehead atoms. The van der Waals surface area contributed by atoms with Crippen LogP contribution >= 0.6 is 0 Å². The number of fused-ring (bicyclic) bond motifs is 1. The number of hydrogen-bond donors (Lipinski definition) is 1. The van der Waals surface area contributed by atoms with Gasteiger partial charge in [-0.25, -0.2) is 16.8 Å². The van der Waals surface area contributed by atoms with Crippen LogP contribution in [0.3, 0.4) is 0 Å². The molecule has 2 aromatic carbocycles. The molecule has 2 heterocycles. The summed E-state index contributed by atoms with van der Waals surface area (Å²) in [7, 11) is -7.61. The maximum absolute atomic E-state index is 13.9. The fourth-order valence-corrected chi connectivity index (χ4v) is 9.19. The van der Waals surface area contributed by atoms with Crippen LogP contribution in [0.4, 0.5) is 0 Å². The summed E-state index contributed by atoms with van der Waals surface area (Å²) in [6.07, 6.45) is 1.42. The molecule has 2 aliphatic rings. The molecule has 0 aromatic heterocycles. The van der Waals surface area contributed by atoms with E-state index in [1.54, 1.807) is 52.8 Å². The molecule has 2 aliphatic heterocycles. The summed E-state index contributed by atoms with van der Waals surface area (Å²) >= 11 is 0. The zero-order valence-electron chi connectivity index (χ0n) is 25.6. The van der Waals surface area contributed by atoms with Gasteiger partial charge in [-0.3, -0.25) is 4.84 Å². The van der Waals surface area contributed by atoms with Gasteiger partial charge in [-0.1, -0.05) is 63.1 Å². The highest BCUT2D eigenvalue weighted by molar-refractivity contribution is 7.89. The molecule has 1 N–H and O–H groups in total. The molecular formula is C30H44N4O6S2. The van der Waals surface area contributed by atoms with Gasteiger partial charge < -0.3 is 5.21 Å². The number of benzene rings is 2. The highest BCUT2D eigenvalue weighted by Crippen LogP contribution is 2.41. The Balaban J connectivity index is 1.59. The summed E-state index contributed by atoms with van der Waals surface area (Å²) in [5.41, 5.74) is 0.715. The third kappa shape index (κ3) is 6.89. The average molecular weight is 621 g/mol. The predicted octanol–water partition coefficient (Wildman–Crippen LogP) is 4.27. The Kier molecular flexibility index (Phi) is 9.28. The van der Waals surface area contributed by atoms with Gasteiger partial charge in [0.25, 0.3) is 0 Å². The zero-order chi connectivity index (χ0) is 31.1. The lowest BCUT2D eigenvalue weighted by molar-refractivity contribution is -0.194. The second kappa shape index (κ2) is 12.0. The molecule has 0 aliphatic carbocycles. The Morgan fingerprint density at radius 2 is 1.57 bits per heavy atom. The van der Waals surface area contributed by atoms with Crippen LogP contribution in [0.1, 0.15) is 52.2 Å². The predicted molar refractivity (Wildman–Crippen MR) is 162 cm³/mol. The van der Waals surface area contributed by atoms with E-state index >= 15 is 0 Å². The minimum Gasteiger partial charge on any atom is -0.411 e. The maximum atomic E-state index is 13.9. The first kappa shape index (κ1) is 32.6. The monoisotopic (exact) mass is 620 g/mol. The highest BCUT2D eigenvalue weighted by atomic mass is 32.2. The molecule has 232 valence electrons. The van der Waals surface area contributed by atoms with E-state index in [1.165, 1.54) is 10.5 Å². The lowest BCUT2D eigenvalue weighted by Crippen LogP contribution is -2.45.